The van der Waals surface area contributed by atoms with Crippen molar-refractivity contribution in [1.29, 1.82) is 0 Å². The first kappa shape index (κ1) is 17.4. The Labute approximate surface area is 149 Å². The predicted molar refractivity (Wildman–Crippen MR) is 103 cm³/mol. The summed E-state index contributed by atoms with van der Waals surface area (Å²) in [6, 6.07) is 22.8. The van der Waals surface area contributed by atoms with Crippen molar-refractivity contribution in [3.63, 3.8) is 0 Å². The number of hydrogen-bond donors (Lipinski definition) is 1. The Kier molecular flexibility index (Phi) is 5.31. The molecule has 0 aliphatic carbocycles. The Hall–Kier alpha value is -2.43. The molecule has 1 atom stereocenters. The number of nitrogens with one attached hydrogen (secondary N) is 1. The SMILES string of the molecule is C=CCC(CNS(=O)(=O)c1cccc2ccccc12)c1ccccc1. The van der Waals surface area contributed by atoms with Gasteiger partial charge in [0.15, 0.2) is 0 Å². The van der Waals surface area contributed by atoms with Crippen LogP contribution in [0.4, 0.5) is 0 Å². The average Bonchev–Trinajstić information content (AvgIpc) is 2.65. The minimum absolute atomic E-state index is 0.0588. The third-order valence-electron chi connectivity index (χ3n) is 4.28. The van der Waals surface area contributed by atoms with Crippen LogP contribution < -0.4 is 4.72 Å². The smallest absolute Gasteiger partial charge is 0.211 e. The van der Waals surface area contributed by atoms with E-state index < -0.39 is 10.0 Å². The summed E-state index contributed by atoms with van der Waals surface area (Å²) in [5.74, 6) is 0.0588. The van der Waals surface area contributed by atoms with Gasteiger partial charge in [-0.2, -0.15) is 0 Å². The molecule has 0 aliphatic rings. The number of allylic oxidation sites excluding steroid dienone is 1. The molecule has 0 saturated heterocycles. The van der Waals surface area contributed by atoms with Crippen molar-refractivity contribution in [1.82, 2.24) is 4.72 Å². The Balaban J connectivity index is 1.86. The zero-order valence-corrected chi connectivity index (χ0v) is 14.7. The standard InChI is InChI=1S/C21H21NO2S/c1-2-9-19(17-10-4-3-5-11-17)16-22-25(23,24)21-15-8-13-18-12-6-7-14-20(18)21/h2-8,10-15,19,22H,1,9,16H2. The van der Waals surface area contributed by atoms with Crippen molar-refractivity contribution >= 4 is 20.8 Å². The number of rotatable bonds is 7. The van der Waals surface area contributed by atoms with Gasteiger partial charge in [-0.15, -0.1) is 6.58 Å². The molecule has 0 heterocycles. The van der Waals surface area contributed by atoms with Crippen LogP contribution >= 0.6 is 0 Å². The molecule has 3 aromatic rings. The quantitative estimate of drug-likeness (QED) is 0.638. The fraction of sp³-hybridized carbons (Fsp3) is 0.143. The van der Waals surface area contributed by atoms with Crippen molar-refractivity contribution in [2.75, 3.05) is 6.54 Å². The molecule has 0 bridgehead atoms. The summed E-state index contributed by atoms with van der Waals surface area (Å²) >= 11 is 0. The molecular formula is C21H21NO2S. The van der Waals surface area contributed by atoms with Crippen molar-refractivity contribution in [3.8, 4) is 0 Å². The Morgan fingerprint density at radius 3 is 2.36 bits per heavy atom. The summed E-state index contributed by atoms with van der Waals surface area (Å²) in [4.78, 5) is 0.316. The van der Waals surface area contributed by atoms with Crippen LogP contribution in [0, 0.1) is 0 Å². The van der Waals surface area contributed by atoms with E-state index in [4.69, 9.17) is 0 Å². The second kappa shape index (κ2) is 7.64. The monoisotopic (exact) mass is 351 g/mol. The minimum Gasteiger partial charge on any atom is -0.211 e. The first-order chi connectivity index (χ1) is 12.1. The van der Waals surface area contributed by atoms with E-state index in [-0.39, 0.29) is 5.92 Å². The molecule has 0 amide bonds. The summed E-state index contributed by atoms with van der Waals surface area (Å²) in [5.41, 5.74) is 1.10. The number of hydrogen-bond acceptors (Lipinski definition) is 2. The van der Waals surface area contributed by atoms with E-state index in [9.17, 15) is 8.42 Å². The van der Waals surface area contributed by atoms with E-state index >= 15 is 0 Å². The highest BCUT2D eigenvalue weighted by atomic mass is 32.2. The number of fused-ring (bicyclic) bond motifs is 1. The molecule has 4 heteroatoms. The maximum absolute atomic E-state index is 12.8. The van der Waals surface area contributed by atoms with Crippen LogP contribution in [0.2, 0.25) is 0 Å². The van der Waals surface area contributed by atoms with E-state index in [1.165, 1.54) is 0 Å². The summed E-state index contributed by atoms with van der Waals surface area (Å²) in [6.45, 7) is 4.13. The second-order valence-electron chi connectivity index (χ2n) is 5.96. The van der Waals surface area contributed by atoms with Gasteiger partial charge >= 0.3 is 0 Å². The summed E-state index contributed by atoms with van der Waals surface area (Å²) in [7, 11) is -3.59. The molecule has 0 spiro atoms. The molecule has 3 nitrogen and oxygen atoms in total. The maximum atomic E-state index is 12.8. The van der Waals surface area contributed by atoms with Crippen LogP contribution in [-0.4, -0.2) is 15.0 Å². The topological polar surface area (TPSA) is 46.2 Å². The van der Waals surface area contributed by atoms with Crippen molar-refractivity contribution in [2.24, 2.45) is 0 Å². The molecule has 0 saturated carbocycles. The van der Waals surface area contributed by atoms with E-state index in [0.717, 1.165) is 16.3 Å². The first-order valence-electron chi connectivity index (χ1n) is 8.25. The van der Waals surface area contributed by atoms with Crippen LogP contribution in [0.3, 0.4) is 0 Å². The molecular weight excluding hydrogens is 330 g/mol. The molecule has 128 valence electrons. The largest absolute Gasteiger partial charge is 0.241 e. The van der Waals surface area contributed by atoms with Gasteiger partial charge in [-0.1, -0.05) is 72.8 Å². The molecule has 25 heavy (non-hydrogen) atoms. The number of benzene rings is 3. The molecule has 0 aliphatic heterocycles. The molecule has 0 radical (unpaired) electrons. The average molecular weight is 351 g/mol. The maximum Gasteiger partial charge on any atom is 0.241 e. The third-order valence-corrected chi connectivity index (χ3v) is 5.76. The lowest BCUT2D eigenvalue weighted by Gasteiger charge is -2.17. The summed E-state index contributed by atoms with van der Waals surface area (Å²) in [5, 5.41) is 1.65. The lowest BCUT2D eigenvalue weighted by atomic mass is 9.96. The Morgan fingerprint density at radius 1 is 0.920 bits per heavy atom. The third kappa shape index (κ3) is 3.98. The molecule has 3 aromatic carbocycles. The molecule has 1 unspecified atom stereocenters. The first-order valence-corrected chi connectivity index (χ1v) is 9.73. The fourth-order valence-electron chi connectivity index (χ4n) is 2.98. The van der Waals surface area contributed by atoms with Gasteiger partial charge in [-0.05, 0) is 23.4 Å². The zero-order chi connectivity index (χ0) is 17.7. The van der Waals surface area contributed by atoms with E-state index in [1.807, 2.05) is 66.7 Å². The number of sulfonamides is 1. The van der Waals surface area contributed by atoms with Gasteiger partial charge in [-0.3, -0.25) is 0 Å². The zero-order valence-electron chi connectivity index (χ0n) is 13.9. The predicted octanol–water partition coefficient (Wildman–Crippen LogP) is 4.48. The van der Waals surface area contributed by atoms with E-state index in [2.05, 4.69) is 11.3 Å². The molecule has 0 aromatic heterocycles. The van der Waals surface area contributed by atoms with E-state index in [1.54, 1.807) is 12.1 Å². The van der Waals surface area contributed by atoms with Gasteiger partial charge < -0.3 is 0 Å². The van der Waals surface area contributed by atoms with Crippen LogP contribution in [0.15, 0.2) is 90.3 Å². The molecule has 3 rings (SSSR count). The summed E-state index contributed by atoms with van der Waals surface area (Å²) in [6.07, 6.45) is 2.53. The lowest BCUT2D eigenvalue weighted by Crippen LogP contribution is -2.28. The Bertz CT molecular complexity index is 960. The van der Waals surface area contributed by atoms with Crippen molar-refractivity contribution in [2.45, 2.75) is 17.2 Å². The highest BCUT2D eigenvalue weighted by Crippen LogP contribution is 2.24. The second-order valence-corrected chi connectivity index (χ2v) is 7.70. The Morgan fingerprint density at radius 2 is 1.60 bits per heavy atom. The van der Waals surface area contributed by atoms with Gasteiger partial charge in [-0.25, -0.2) is 13.1 Å². The minimum atomic E-state index is -3.59. The molecule has 0 fully saturated rings. The van der Waals surface area contributed by atoms with Gasteiger partial charge in [0.25, 0.3) is 0 Å². The van der Waals surface area contributed by atoms with Crippen LogP contribution in [0.5, 0.6) is 0 Å². The van der Waals surface area contributed by atoms with Crippen molar-refractivity contribution < 1.29 is 8.42 Å². The van der Waals surface area contributed by atoms with Gasteiger partial charge in [0, 0.05) is 17.8 Å². The fourth-order valence-corrected chi connectivity index (χ4v) is 4.29. The lowest BCUT2D eigenvalue weighted by molar-refractivity contribution is 0.571. The normalized spacial score (nSPS) is 12.8. The summed E-state index contributed by atoms with van der Waals surface area (Å²) < 4.78 is 28.5. The van der Waals surface area contributed by atoms with Gasteiger partial charge in [0.2, 0.25) is 10.0 Å². The van der Waals surface area contributed by atoms with Crippen LogP contribution in [0.25, 0.3) is 10.8 Å². The van der Waals surface area contributed by atoms with Gasteiger partial charge in [0.1, 0.15) is 0 Å². The highest BCUT2D eigenvalue weighted by Gasteiger charge is 2.19. The van der Waals surface area contributed by atoms with Gasteiger partial charge in [0.05, 0.1) is 4.90 Å². The molecule has 1 N–H and O–H groups in total. The van der Waals surface area contributed by atoms with E-state index in [0.29, 0.717) is 17.9 Å². The highest BCUT2D eigenvalue weighted by molar-refractivity contribution is 7.89. The van der Waals surface area contributed by atoms with Crippen LogP contribution in [-0.2, 0) is 10.0 Å². The van der Waals surface area contributed by atoms with Crippen LogP contribution in [0.1, 0.15) is 17.9 Å². The van der Waals surface area contributed by atoms with Crippen molar-refractivity contribution in [3.05, 3.63) is 91.0 Å².